The van der Waals surface area contributed by atoms with Crippen molar-refractivity contribution in [2.24, 2.45) is 5.73 Å². The average Bonchev–Trinajstić information content (AvgIpc) is 2.38. The van der Waals surface area contributed by atoms with Gasteiger partial charge in [0.25, 0.3) is 5.91 Å². The molecule has 1 aromatic rings. The van der Waals surface area contributed by atoms with Gasteiger partial charge < -0.3 is 15.4 Å². The van der Waals surface area contributed by atoms with E-state index in [4.69, 9.17) is 22.1 Å². The topological polar surface area (TPSA) is 55.6 Å². The number of hydrogen-bond donors (Lipinski definition) is 1. The van der Waals surface area contributed by atoms with Gasteiger partial charge in [0.05, 0.1) is 12.7 Å². The second-order valence-electron chi connectivity index (χ2n) is 4.47. The molecule has 0 aliphatic carbocycles. The van der Waals surface area contributed by atoms with Crippen LogP contribution in [0.3, 0.4) is 0 Å². The molecule has 0 bridgehead atoms. The first-order valence-electron chi connectivity index (χ1n) is 6.00. The average molecular weight is 305 g/mol. The number of halogens is 2. The molecule has 19 heavy (non-hydrogen) atoms. The number of piperidine rings is 1. The second kappa shape index (κ2) is 6.98. The van der Waals surface area contributed by atoms with Gasteiger partial charge in [-0.2, -0.15) is 0 Å². The zero-order valence-corrected chi connectivity index (χ0v) is 12.3. The largest absolute Gasteiger partial charge is 0.496 e. The number of methoxy groups -OCH3 is 1. The van der Waals surface area contributed by atoms with Crippen molar-refractivity contribution in [1.29, 1.82) is 0 Å². The highest BCUT2D eigenvalue weighted by Crippen LogP contribution is 2.25. The summed E-state index contributed by atoms with van der Waals surface area (Å²) >= 11 is 5.88. The Hall–Kier alpha value is -0.970. The molecule has 0 aromatic heterocycles. The first-order chi connectivity index (χ1) is 8.61. The number of carbonyl (C=O) groups is 1. The number of carbonyl (C=O) groups excluding carboxylic acids is 1. The van der Waals surface area contributed by atoms with Crippen LogP contribution in [0.5, 0.6) is 5.75 Å². The van der Waals surface area contributed by atoms with Crippen molar-refractivity contribution < 1.29 is 9.53 Å². The summed E-state index contributed by atoms with van der Waals surface area (Å²) in [6.07, 6.45) is 1.70. The van der Waals surface area contributed by atoms with E-state index in [9.17, 15) is 4.79 Å². The fourth-order valence-corrected chi connectivity index (χ4v) is 2.28. The molecule has 0 spiro atoms. The molecule has 1 amide bonds. The molecule has 1 aromatic carbocycles. The summed E-state index contributed by atoms with van der Waals surface area (Å²) in [6, 6.07) is 5.27. The Balaban J connectivity index is 0.00000180. The number of nitrogens with two attached hydrogens (primary N) is 1. The van der Waals surface area contributed by atoms with Gasteiger partial charge in [-0.1, -0.05) is 11.6 Å². The van der Waals surface area contributed by atoms with Gasteiger partial charge in [-0.3, -0.25) is 4.79 Å². The molecule has 1 saturated heterocycles. The highest BCUT2D eigenvalue weighted by atomic mass is 35.5. The highest BCUT2D eigenvalue weighted by Gasteiger charge is 2.23. The van der Waals surface area contributed by atoms with E-state index in [0.29, 0.717) is 29.4 Å². The Morgan fingerprint density at radius 1 is 1.42 bits per heavy atom. The molecule has 106 valence electrons. The van der Waals surface area contributed by atoms with Gasteiger partial charge in [-0.15, -0.1) is 12.4 Å². The SMILES string of the molecule is COc1cc(Cl)ccc1C(=O)N1CCC(N)CC1.Cl. The van der Waals surface area contributed by atoms with Crippen molar-refractivity contribution in [3.05, 3.63) is 28.8 Å². The Morgan fingerprint density at radius 2 is 2.05 bits per heavy atom. The van der Waals surface area contributed by atoms with Crippen LogP contribution in [-0.2, 0) is 0 Å². The Kier molecular flexibility index (Phi) is 5.91. The van der Waals surface area contributed by atoms with Crippen molar-refractivity contribution in [2.45, 2.75) is 18.9 Å². The summed E-state index contributed by atoms with van der Waals surface area (Å²) in [7, 11) is 1.54. The van der Waals surface area contributed by atoms with Crippen LogP contribution >= 0.6 is 24.0 Å². The highest BCUT2D eigenvalue weighted by molar-refractivity contribution is 6.30. The van der Waals surface area contributed by atoms with Gasteiger partial charge in [0.1, 0.15) is 5.75 Å². The van der Waals surface area contributed by atoms with Gasteiger partial charge in [0.15, 0.2) is 0 Å². The van der Waals surface area contributed by atoms with E-state index in [-0.39, 0.29) is 24.4 Å². The van der Waals surface area contributed by atoms with E-state index < -0.39 is 0 Å². The third kappa shape index (κ3) is 3.75. The number of hydrogen-bond acceptors (Lipinski definition) is 3. The zero-order chi connectivity index (χ0) is 13.1. The third-order valence-corrected chi connectivity index (χ3v) is 3.46. The lowest BCUT2D eigenvalue weighted by atomic mass is 10.0. The predicted molar refractivity (Wildman–Crippen MR) is 78.4 cm³/mol. The van der Waals surface area contributed by atoms with Gasteiger partial charge in [-0.05, 0) is 31.0 Å². The summed E-state index contributed by atoms with van der Waals surface area (Å²) in [6.45, 7) is 1.40. The number of ether oxygens (including phenoxy) is 1. The van der Waals surface area contributed by atoms with Crippen LogP contribution in [0.25, 0.3) is 0 Å². The van der Waals surface area contributed by atoms with Crippen molar-refractivity contribution in [3.63, 3.8) is 0 Å². The minimum atomic E-state index is -0.0181. The lowest BCUT2D eigenvalue weighted by Gasteiger charge is -2.30. The molecule has 0 saturated carbocycles. The predicted octanol–water partition coefficient (Wildman–Crippen LogP) is 2.33. The van der Waals surface area contributed by atoms with E-state index in [1.165, 1.54) is 7.11 Å². The van der Waals surface area contributed by atoms with Crippen LogP contribution in [0.2, 0.25) is 5.02 Å². The number of rotatable bonds is 2. The van der Waals surface area contributed by atoms with Crippen LogP contribution in [0.4, 0.5) is 0 Å². The zero-order valence-electron chi connectivity index (χ0n) is 10.8. The van der Waals surface area contributed by atoms with Crippen molar-refractivity contribution in [1.82, 2.24) is 4.90 Å². The maximum Gasteiger partial charge on any atom is 0.257 e. The van der Waals surface area contributed by atoms with E-state index in [1.807, 2.05) is 4.90 Å². The molecule has 4 nitrogen and oxygen atoms in total. The maximum atomic E-state index is 12.4. The lowest BCUT2D eigenvalue weighted by Crippen LogP contribution is -2.42. The van der Waals surface area contributed by atoms with Crippen molar-refractivity contribution in [2.75, 3.05) is 20.2 Å². The molecule has 2 N–H and O–H groups in total. The molecule has 1 heterocycles. The van der Waals surface area contributed by atoms with Crippen LogP contribution in [0.15, 0.2) is 18.2 Å². The van der Waals surface area contributed by atoms with Crippen molar-refractivity contribution in [3.8, 4) is 5.75 Å². The molecule has 1 aliphatic rings. The van der Waals surface area contributed by atoms with Gasteiger partial charge >= 0.3 is 0 Å². The van der Waals surface area contributed by atoms with Gasteiger partial charge in [-0.25, -0.2) is 0 Å². The normalized spacial score (nSPS) is 15.8. The Labute approximate surface area is 124 Å². The second-order valence-corrected chi connectivity index (χ2v) is 4.91. The first kappa shape index (κ1) is 16.1. The molecule has 2 rings (SSSR count). The van der Waals surface area contributed by atoms with E-state index in [1.54, 1.807) is 18.2 Å². The van der Waals surface area contributed by atoms with Gasteiger partial charge in [0.2, 0.25) is 0 Å². The van der Waals surface area contributed by atoms with Crippen LogP contribution < -0.4 is 10.5 Å². The number of benzene rings is 1. The minimum Gasteiger partial charge on any atom is -0.496 e. The molecule has 0 unspecified atom stereocenters. The molecule has 1 fully saturated rings. The lowest BCUT2D eigenvalue weighted by molar-refractivity contribution is 0.0711. The standard InChI is InChI=1S/C13H17ClN2O2.ClH/c1-18-12-8-9(14)2-3-11(12)13(17)16-6-4-10(15)5-7-16;/h2-3,8,10H,4-7,15H2,1H3;1H. The van der Waals surface area contributed by atoms with Crippen molar-refractivity contribution >= 4 is 29.9 Å². The van der Waals surface area contributed by atoms with E-state index in [2.05, 4.69) is 0 Å². The Bertz CT molecular complexity index is 446. The van der Waals surface area contributed by atoms with E-state index >= 15 is 0 Å². The summed E-state index contributed by atoms with van der Waals surface area (Å²) in [5, 5.41) is 0.559. The number of nitrogens with zero attached hydrogens (tertiary/aromatic N) is 1. The summed E-state index contributed by atoms with van der Waals surface area (Å²) in [5.74, 6) is 0.498. The quantitative estimate of drug-likeness (QED) is 0.912. The van der Waals surface area contributed by atoms with Crippen LogP contribution in [0, 0.1) is 0 Å². The van der Waals surface area contributed by atoms with Crippen LogP contribution in [0.1, 0.15) is 23.2 Å². The molecule has 0 atom stereocenters. The molecule has 1 aliphatic heterocycles. The fourth-order valence-electron chi connectivity index (χ4n) is 2.11. The first-order valence-corrected chi connectivity index (χ1v) is 6.38. The minimum absolute atomic E-state index is 0. The molecular weight excluding hydrogens is 287 g/mol. The summed E-state index contributed by atoms with van der Waals surface area (Å²) in [5.41, 5.74) is 6.38. The smallest absolute Gasteiger partial charge is 0.257 e. The van der Waals surface area contributed by atoms with E-state index in [0.717, 1.165) is 12.8 Å². The fraction of sp³-hybridized carbons (Fsp3) is 0.462. The summed E-state index contributed by atoms with van der Waals surface area (Å²) in [4.78, 5) is 14.2. The number of likely N-dealkylation sites (tertiary alicyclic amines) is 1. The van der Waals surface area contributed by atoms with Gasteiger partial charge in [0, 0.05) is 24.2 Å². The molecule has 0 radical (unpaired) electrons. The monoisotopic (exact) mass is 304 g/mol. The molecule has 6 heteroatoms. The number of amides is 1. The third-order valence-electron chi connectivity index (χ3n) is 3.22. The molecular formula is C13H18Cl2N2O2. The van der Waals surface area contributed by atoms with Crippen LogP contribution in [-0.4, -0.2) is 37.0 Å². The maximum absolute atomic E-state index is 12.4. The Morgan fingerprint density at radius 3 is 2.63 bits per heavy atom. The summed E-state index contributed by atoms with van der Waals surface area (Å²) < 4.78 is 5.20.